The summed E-state index contributed by atoms with van der Waals surface area (Å²) in [6.45, 7) is 2.28. The van der Waals surface area contributed by atoms with Crippen molar-refractivity contribution >= 4 is 27.2 Å². The number of aromatic nitrogens is 4. The van der Waals surface area contributed by atoms with Gasteiger partial charge in [0.05, 0.1) is 5.39 Å². The molecule has 6 heteroatoms. The van der Waals surface area contributed by atoms with Gasteiger partial charge in [-0.1, -0.05) is 6.92 Å². The molecule has 4 rings (SSSR count). The second-order valence-corrected chi connectivity index (χ2v) is 6.09. The summed E-state index contributed by atoms with van der Waals surface area (Å²) in [4.78, 5) is 21.3. The molecular weight excluding hydrogens is 248 g/mol. The predicted octanol–water partition coefficient (Wildman–Crippen LogP) is 1.76. The lowest BCUT2D eigenvalue weighted by Gasteiger charge is -2.17. The molecule has 5 nitrogen and oxygen atoms in total. The van der Waals surface area contributed by atoms with Gasteiger partial charge in [-0.05, 0) is 30.7 Å². The van der Waals surface area contributed by atoms with E-state index in [9.17, 15) is 4.79 Å². The van der Waals surface area contributed by atoms with Gasteiger partial charge in [-0.3, -0.25) is 4.98 Å². The van der Waals surface area contributed by atoms with Crippen LogP contribution in [0.25, 0.3) is 15.9 Å². The highest BCUT2D eigenvalue weighted by Gasteiger charge is 2.23. The van der Waals surface area contributed by atoms with Crippen molar-refractivity contribution in [2.24, 2.45) is 5.92 Å². The fourth-order valence-electron chi connectivity index (χ4n) is 2.79. The predicted molar refractivity (Wildman–Crippen MR) is 70.2 cm³/mol. The molecule has 0 amide bonds. The van der Waals surface area contributed by atoms with E-state index >= 15 is 0 Å². The summed E-state index contributed by atoms with van der Waals surface area (Å²) < 4.78 is 1.35. The molecule has 0 radical (unpaired) electrons. The molecule has 1 unspecified atom stereocenters. The molecule has 0 saturated carbocycles. The number of nitrogens with one attached hydrogen (secondary N) is 1. The maximum atomic E-state index is 11.8. The Morgan fingerprint density at radius 3 is 3.33 bits per heavy atom. The Bertz CT molecular complexity index is 813. The first kappa shape index (κ1) is 10.3. The van der Waals surface area contributed by atoms with Crippen LogP contribution in [0.15, 0.2) is 11.1 Å². The van der Waals surface area contributed by atoms with E-state index in [0.29, 0.717) is 5.65 Å². The second kappa shape index (κ2) is 3.41. The number of nitrogens with zero attached hydrogens (tertiary/aromatic N) is 3. The number of aromatic amines is 1. The number of aryl methyl sites for hydroxylation is 1. The second-order valence-electron chi connectivity index (χ2n) is 4.98. The smallest absolute Gasteiger partial charge is 0.297 e. The first-order valence-corrected chi connectivity index (χ1v) is 6.92. The van der Waals surface area contributed by atoms with Crippen molar-refractivity contribution in [3.8, 4) is 0 Å². The van der Waals surface area contributed by atoms with Gasteiger partial charge in [-0.15, -0.1) is 11.3 Å². The van der Waals surface area contributed by atoms with Gasteiger partial charge in [0, 0.05) is 4.88 Å². The highest BCUT2D eigenvalue weighted by atomic mass is 32.1. The standard InChI is InChI=1S/C12H12N4OS/c1-6-2-3-7-8(4-6)18-11-9(7)10-13-5-14-16(10)12(17)15-11/h5-6H,2-4H2,1H3,(H,15,17). The average Bonchev–Trinajstić information content (AvgIpc) is 2.91. The van der Waals surface area contributed by atoms with Crippen LogP contribution in [0.2, 0.25) is 0 Å². The number of thiophene rings is 1. The zero-order valence-electron chi connectivity index (χ0n) is 9.93. The van der Waals surface area contributed by atoms with Crippen molar-refractivity contribution in [2.45, 2.75) is 26.2 Å². The number of rotatable bonds is 0. The Morgan fingerprint density at radius 1 is 1.56 bits per heavy atom. The van der Waals surface area contributed by atoms with E-state index in [-0.39, 0.29) is 5.69 Å². The van der Waals surface area contributed by atoms with Gasteiger partial charge in [-0.25, -0.2) is 9.78 Å². The maximum absolute atomic E-state index is 11.8. The fourth-order valence-corrected chi connectivity index (χ4v) is 4.18. The van der Waals surface area contributed by atoms with Crippen molar-refractivity contribution in [3.63, 3.8) is 0 Å². The third kappa shape index (κ3) is 1.23. The van der Waals surface area contributed by atoms with Crippen molar-refractivity contribution in [1.82, 2.24) is 19.6 Å². The van der Waals surface area contributed by atoms with Gasteiger partial charge < -0.3 is 0 Å². The lowest BCUT2D eigenvalue weighted by Crippen LogP contribution is -2.17. The molecule has 0 aliphatic heterocycles. The van der Waals surface area contributed by atoms with Crippen molar-refractivity contribution in [3.05, 3.63) is 27.3 Å². The highest BCUT2D eigenvalue weighted by Crippen LogP contribution is 2.37. The molecule has 1 atom stereocenters. The van der Waals surface area contributed by atoms with Crippen molar-refractivity contribution in [1.29, 1.82) is 0 Å². The summed E-state index contributed by atoms with van der Waals surface area (Å²) in [6.07, 6.45) is 4.83. The van der Waals surface area contributed by atoms with Crippen LogP contribution < -0.4 is 5.69 Å². The Morgan fingerprint density at radius 2 is 2.44 bits per heavy atom. The monoisotopic (exact) mass is 260 g/mol. The topological polar surface area (TPSA) is 63.0 Å². The van der Waals surface area contributed by atoms with Crippen molar-refractivity contribution < 1.29 is 0 Å². The minimum Gasteiger partial charge on any atom is -0.297 e. The van der Waals surface area contributed by atoms with Crippen LogP contribution >= 0.6 is 11.3 Å². The first-order chi connectivity index (χ1) is 8.74. The van der Waals surface area contributed by atoms with Gasteiger partial charge in [-0.2, -0.15) is 9.61 Å². The van der Waals surface area contributed by atoms with Crippen LogP contribution in [-0.4, -0.2) is 19.6 Å². The summed E-state index contributed by atoms with van der Waals surface area (Å²) in [7, 11) is 0. The fraction of sp³-hybridized carbons (Fsp3) is 0.417. The van der Waals surface area contributed by atoms with Gasteiger partial charge in [0.2, 0.25) is 0 Å². The zero-order valence-corrected chi connectivity index (χ0v) is 10.8. The first-order valence-electron chi connectivity index (χ1n) is 6.10. The Kier molecular flexibility index (Phi) is 1.94. The number of H-pyrrole nitrogens is 1. The highest BCUT2D eigenvalue weighted by molar-refractivity contribution is 7.19. The molecule has 1 aliphatic carbocycles. The van der Waals surface area contributed by atoms with Crippen LogP contribution in [0.5, 0.6) is 0 Å². The SMILES string of the molecule is CC1CCc2c(sc3[nH]c(=O)n4ncnc4c23)C1. The maximum Gasteiger partial charge on any atom is 0.349 e. The molecule has 3 aromatic rings. The lowest BCUT2D eigenvalue weighted by atomic mass is 9.89. The molecule has 3 heterocycles. The third-order valence-corrected chi connectivity index (χ3v) is 4.87. The van der Waals surface area contributed by atoms with E-state index in [1.165, 1.54) is 27.7 Å². The number of hydrogen-bond donors (Lipinski definition) is 1. The molecule has 0 bridgehead atoms. The largest absolute Gasteiger partial charge is 0.349 e. The Balaban J connectivity index is 2.17. The van der Waals surface area contributed by atoms with Crippen LogP contribution in [0.3, 0.4) is 0 Å². The summed E-state index contributed by atoms with van der Waals surface area (Å²) in [5, 5.41) is 5.07. The van der Waals surface area contributed by atoms with Crippen molar-refractivity contribution in [2.75, 3.05) is 0 Å². The number of hydrogen-bond acceptors (Lipinski definition) is 4. The Hall–Kier alpha value is -1.69. The van der Waals surface area contributed by atoms with E-state index in [1.54, 1.807) is 11.3 Å². The molecule has 0 saturated heterocycles. The summed E-state index contributed by atoms with van der Waals surface area (Å²) >= 11 is 1.70. The molecule has 92 valence electrons. The van der Waals surface area contributed by atoms with Gasteiger partial charge in [0.25, 0.3) is 0 Å². The molecule has 0 spiro atoms. The normalized spacial score (nSPS) is 19.5. The molecule has 0 fully saturated rings. The van der Waals surface area contributed by atoms with Gasteiger partial charge >= 0.3 is 5.69 Å². The van der Waals surface area contributed by atoms with Gasteiger partial charge in [0.1, 0.15) is 11.2 Å². The Labute approximate surface area is 106 Å². The molecule has 0 aromatic carbocycles. The molecule has 18 heavy (non-hydrogen) atoms. The van der Waals surface area contributed by atoms with E-state index in [4.69, 9.17) is 0 Å². The minimum absolute atomic E-state index is 0.207. The van der Waals surface area contributed by atoms with E-state index < -0.39 is 0 Å². The van der Waals surface area contributed by atoms with Gasteiger partial charge in [0.15, 0.2) is 5.65 Å². The quantitative estimate of drug-likeness (QED) is 0.670. The van der Waals surface area contributed by atoms with Crippen LogP contribution in [0.4, 0.5) is 0 Å². The molecule has 1 N–H and O–H groups in total. The summed E-state index contributed by atoms with van der Waals surface area (Å²) in [6, 6.07) is 0. The average molecular weight is 260 g/mol. The van der Waals surface area contributed by atoms with E-state index in [0.717, 1.165) is 29.0 Å². The molecule has 3 aromatic heterocycles. The minimum atomic E-state index is -0.207. The molecular formula is C12H12N4OS. The van der Waals surface area contributed by atoms with Crippen LogP contribution in [0.1, 0.15) is 23.8 Å². The van der Waals surface area contributed by atoms with Crippen LogP contribution in [0, 0.1) is 5.92 Å². The van der Waals surface area contributed by atoms with Crippen LogP contribution in [-0.2, 0) is 12.8 Å². The summed E-state index contributed by atoms with van der Waals surface area (Å²) in [5.41, 5.74) is 1.85. The lowest BCUT2D eigenvalue weighted by molar-refractivity contribution is 0.509. The number of fused-ring (bicyclic) bond motifs is 5. The zero-order chi connectivity index (χ0) is 12.3. The van der Waals surface area contributed by atoms with E-state index in [1.807, 2.05) is 0 Å². The molecule has 1 aliphatic rings. The van der Waals surface area contributed by atoms with E-state index in [2.05, 4.69) is 22.0 Å². The summed E-state index contributed by atoms with van der Waals surface area (Å²) in [5.74, 6) is 0.728. The third-order valence-electron chi connectivity index (χ3n) is 3.70.